The van der Waals surface area contributed by atoms with Crippen molar-refractivity contribution < 1.29 is 24.2 Å². The quantitative estimate of drug-likeness (QED) is 0.0969. The fraction of sp³-hybridized carbons (Fsp3) is 0.371. The summed E-state index contributed by atoms with van der Waals surface area (Å²) in [6.45, 7) is 2.59. The molecule has 3 aromatic carbocycles. The molecule has 2 amide bonds. The third-order valence-electron chi connectivity index (χ3n) is 7.86. The van der Waals surface area contributed by atoms with Gasteiger partial charge in [-0.2, -0.15) is 5.10 Å². The number of hydrogen-bond donors (Lipinski definition) is 4. The topological polar surface area (TPSA) is 138 Å². The van der Waals surface area contributed by atoms with Gasteiger partial charge in [0.25, 0.3) is 0 Å². The van der Waals surface area contributed by atoms with Crippen LogP contribution in [0.1, 0.15) is 73.7 Å². The van der Waals surface area contributed by atoms with Crippen LogP contribution in [0.15, 0.2) is 84.3 Å². The van der Waals surface area contributed by atoms with Gasteiger partial charge in [0, 0.05) is 44.2 Å². The van der Waals surface area contributed by atoms with E-state index in [-0.39, 0.29) is 30.6 Å². The van der Waals surface area contributed by atoms with Crippen molar-refractivity contribution in [2.24, 2.45) is 0 Å². The van der Waals surface area contributed by atoms with Crippen molar-refractivity contribution in [1.82, 2.24) is 25.8 Å². The zero-order chi connectivity index (χ0) is 32.1. The molecule has 1 aliphatic heterocycles. The molecule has 1 aliphatic rings. The second kappa shape index (κ2) is 17.0. The number of aliphatic hydroxyl groups is 1. The molecule has 4 aromatic rings. The fourth-order valence-corrected chi connectivity index (χ4v) is 6.17. The van der Waals surface area contributed by atoms with Gasteiger partial charge in [0.15, 0.2) is 11.4 Å². The van der Waals surface area contributed by atoms with E-state index in [0.717, 1.165) is 57.8 Å². The lowest BCUT2D eigenvalue weighted by Crippen LogP contribution is -2.31. The molecule has 4 N–H and O–H groups in total. The van der Waals surface area contributed by atoms with Crippen molar-refractivity contribution >= 4 is 23.6 Å². The Hall–Kier alpha value is -4.03. The Morgan fingerprint density at radius 2 is 1.74 bits per heavy atom. The molecular weight excluding hydrogens is 602 g/mol. The van der Waals surface area contributed by atoms with Gasteiger partial charge in [-0.15, -0.1) is 0 Å². The fourth-order valence-electron chi connectivity index (χ4n) is 5.37. The minimum absolute atomic E-state index is 0.00202. The van der Waals surface area contributed by atoms with Crippen molar-refractivity contribution in [3.05, 3.63) is 101 Å². The van der Waals surface area contributed by atoms with Crippen LogP contribution < -0.4 is 10.6 Å². The molecule has 5 rings (SSSR count). The Bertz CT molecular complexity index is 1530. The number of ether oxygens (including phenoxy) is 2. The van der Waals surface area contributed by atoms with Crippen LogP contribution in [-0.4, -0.2) is 50.5 Å². The van der Waals surface area contributed by atoms with Gasteiger partial charge in [-0.1, -0.05) is 91.0 Å². The molecule has 0 radical (unpaired) electrons. The second-order valence-corrected chi connectivity index (χ2v) is 12.3. The number of aromatic amines is 1. The van der Waals surface area contributed by atoms with Crippen molar-refractivity contribution in [3.63, 3.8) is 0 Å². The number of benzene rings is 3. The summed E-state index contributed by atoms with van der Waals surface area (Å²) in [5, 5.41) is 22.9. The molecule has 2 heterocycles. The molecule has 242 valence electrons. The molecule has 0 aliphatic carbocycles. The summed E-state index contributed by atoms with van der Waals surface area (Å²) < 4.78 is 13.0. The molecular formula is C35H41N5O5S. The number of aromatic nitrogens is 3. The minimum atomic E-state index is -0.557. The number of carbonyl (C=O) groups excluding carboxylic acids is 2. The van der Waals surface area contributed by atoms with E-state index in [4.69, 9.17) is 9.47 Å². The van der Waals surface area contributed by atoms with E-state index in [1.165, 1.54) is 13.3 Å². The van der Waals surface area contributed by atoms with Crippen LogP contribution in [0.4, 0.5) is 0 Å². The number of aliphatic hydroxyl groups excluding tert-OH is 1. The smallest absolute Gasteiger partial charge is 0.220 e. The largest absolute Gasteiger partial charge is 0.392 e. The van der Waals surface area contributed by atoms with Gasteiger partial charge >= 0.3 is 0 Å². The zero-order valence-corrected chi connectivity index (χ0v) is 26.8. The zero-order valence-electron chi connectivity index (χ0n) is 26.0. The second-order valence-electron chi connectivity index (χ2n) is 11.3. The first kappa shape index (κ1) is 33.3. The molecule has 3 unspecified atom stereocenters. The van der Waals surface area contributed by atoms with E-state index >= 15 is 0 Å². The van der Waals surface area contributed by atoms with Gasteiger partial charge < -0.3 is 25.2 Å². The number of rotatable bonds is 15. The van der Waals surface area contributed by atoms with Crippen LogP contribution in [0.5, 0.6) is 0 Å². The number of carbonyl (C=O) groups is 2. The highest BCUT2D eigenvalue weighted by Crippen LogP contribution is 2.39. The number of thioether (sulfide) groups is 1. The predicted molar refractivity (Wildman–Crippen MR) is 176 cm³/mol. The van der Waals surface area contributed by atoms with E-state index in [1.54, 1.807) is 11.8 Å². The number of nitrogens with zero attached hydrogens (tertiary/aromatic N) is 2. The molecule has 0 saturated carbocycles. The van der Waals surface area contributed by atoms with Gasteiger partial charge in [-0.3, -0.25) is 14.7 Å². The highest BCUT2D eigenvalue weighted by molar-refractivity contribution is 7.99. The SMILES string of the molecule is CC(=O)NCCCCCC(=O)NCc1ccccc1-c1ccc(C2OC(CSc3ncn[nH]3)CC(c3ccc(CO)cc3)O2)cc1. The average molecular weight is 644 g/mol. The average Bonchev–Trinajstić information content (AvgIpc) is 3.62. The maximum Gasteiger partial charge on any atom is 0.220 e. The molecule has 3 atom stereocenters. The summed E-state index contributed by atoms with van der Waals surface area (Å²) in [5.41, 5.74) is 5.94. The lowest BCUT2D eigenvalue weighted by atomic mass is 9.97. The Balaban J connectivity index is 1.22. The van der Waals surface area contributed by atoms with Crippen LogP contribution in [0.2, 0.25) is 0 Å². The van der Waals surface area contributed by atoms with Gasteiger partial charge in [-0.05, 0) is 40.7 Å². The number of H-pyrrole nitrogens is 1. The van der Waals surface area contributed by atoms with Gasteiger partial charge in [0.1, 0.15) is 6.33 Å². The van der Waals surface area contributed by atoms with Crippen LogP contribution in [0.25, 0.3) is 11.1 Å². The lowest BCUT2D eigenvalue weighted by Gasteiger charge is -2.36. The molecule has 0 spiro atoms. The van der Waals surface area contributed by atoms with Gasteiger partial charge in [0.2, 0.25) is 11.8 Å². The van der Waals surface area contributed by atoms with Crippen LogP contribution in [-0.2, 0) is 32.2 Å². The summed E-state index contributed by atoms with van der Waals surface area (Å²) in [6.07, 6.45) is 4.37. The van der Waals surface area contributed by atoms with Crippen LogP contribution >= 0.6 is 11.8 Å². The molecule has 46 heavy (non-hydrogen) atoms. The monoisotopic (exact) mass is 643 g/mol. The number of hydrogen-bond acceptors (Lipinski definition) is 8. The maximum absolute atomic E-state index is 12.5. The third-order valence-corrected chi connectivity index (χ3v) is 8.86. The van der Waals surface area contributed by atoms with Crippen molar-refractivity contribution in [3.8, 4) is 11.1 Å². The highest BCUT2D eigenvalue weighted by Gasteiger charge is 2.32. The molecule has 0 bridgehead atoms. The van der Waals surface area contributed by atoms with Gasteiger partial charge in [-0.25, -0.2) is 4.98 Å². The summed E-state index contributed by atoms with van der Waals surface area (Å²) in [4.78, 5) is 27.7. The molecule has 1 aromatic heterocycles. The van der Waals surface area contributed by atoms with Crippen LogP contribution in [0, 0.1) is 0 Å². The Labute approximate surface area is 273 Å². The first-order valence-electron chi connectivity index (χ1n) is 15.7. The molecule has 1 fully saturated rings. The van der Waals surface area contributed by atoms with E-state index in [1.807, 2.05) is 54.6 Å². The Kier molecular flexibility index (Phi) is 12.4. The highest BCUT2D eigenvalue weighted by atomic mass is 32.2. The third kappa shape index (κ3) is 9.73. The molecule has 11 heteroatoms. The van der Waals surface area contributed by atoms with E-state index in [0.29, 0.717) is 31.7 Å². The standard InChI is InChI=1S/C35H41N5O5S/c1-24(42)36-18-6-2-3-9-33(43)37-20-29-7-4-5-8-31(29)26-14-16-28(17-15-26)34-44-30(22-46-35-38-23-39-40-35)19-32(45-34)27-12-10-25(21-41)11-13-27/h4-5,7-8,10-17,23,30,32,34,41H,2-3,6,9,18-22H2,1H3,(H,36,42)(H,37,43)(H,38,39,40). The number of unbranched alkanes of at least 4 members (excludes halogenated alkanes) is 2. The summed E-state index contributed by atoms with van der Waals surface area (Å²) in [6, 6.07) is 24.1. The summed E-state index contributed by atoms with van der Waals surface area (Å²) in [5.74, 6) is 0.682. The van der Waals surface area contributed by atoms with E-state index < -0.39 is 6.29 Å². The Morgan fingerprint density at radius 1 is 0.957 bits per heavy atom. The molecule has 10 nitrogen and oxygen atoms in total. The maximum atomic E-state index is 12.5. The van der Waals surface area contributed by atoms with Gasteiger partial charge in [0.05, 0.1) is 18.8 Å². The van der Waals surface area contributed by atoms with Crippen molar-refractivity contribution in [2.45, 2.75) is 75.8 Å². The normalized spacial score (nSPS) is 17.8. The Morgan fingerprint density at radius 3 is 2.48 bits per heavy atom. The van der Waals surface area contributed by atoms with E-state index in [9.17, 15) is 14.7 Å². The van der Waals surface area contributed by atoms with E-state index in [2.05, 4.69) is 44.0 Å². The molecule has 1 saturated heterocycles. The lowest BCUT2D eigenvalue weighted by molar-refractivity contribution is -0.245. The number of amides is 2. The first-order valence-corrected chi connectivity index (χ1v) is 16.6. The summed E-state index contributed by atoms with van der Waals surface area (Å²) >= 11 is 1.56. The predicted octanol–water partition coefficient (Wildman–Crippen LogP) is 5.61. The van der Waals surface area contributed by atoms with Crippen molar-refractivity contribution in [2.75, 3.05) is 12.3 Å². The minimum Gasteiger partial charge on any atom is -0.392 e. The van der Waals surface area contributed by atoms with Crippen molar-refractivity contribution in [1.29, 1.82) is 0 Å². The first-order chi connectivity index (χ1) is 22.5. The number of nitrogens with one attached hydrogen (secondary N) is 3. The van der Waals surface area contributed by atoms with Crippen LogP contribution in [0.3, 0.4) is 0 Å². The summed E-state index contributed by atoms with van der Waals surface area (Å²) in [7, 11) is 0.